The largest absolute Gasteiger partial charge is 0.409 e. The first-order chi connectivity index (χ1) is 8.69. The lowest BCUT2D eigenvalue weighted by Crippen LogP contribution is -2.41. The minimum absolute atomic E-state index is 0.284. The molecule has 0 aliphatic heterocycles. The lowest BCUT2D eigenvalue weighted by atomic mass is 9.82. The molecule has 2 aliphatic rings. The Morgan fingerprint density at radius 3 is 2.72 bits per heavy atom. The Morgan fingerprint density at radius 2 is 2.11 bits per heavy atom. The first kappa shape index (κ1) is 13.7. The van der Waals surface area contributed by atoms with Crippen LogP contribution in [-0.2, 0) is 0 Å². The minimum Gasteiger partial charge on any atom is -0.409 e. The maximum Gasteiger partial charge on any atom is 0.139 e. The van der Waals surface area contributed by atoms with Gasteiger partial charge in [0.1, 0.15) is 5.84 Å². The Kier molecular flexibility index (Phi) is 4.49. The van der Waals surface area contributed by atoms with Gasteiger partial charge in [-0.15, -0.1) is 0 Å². The van der Waals surface area contributed by atoms with Gasteiger partial charge in [0.15, 0.2) is 0 Å². The molecule has 2 aliphatic carbocycles. The van der Waals surface area contributed by atoms with Gasteiger partial charge in [0.25, 0.3) is 0 Å². The van der Waals surface area contributed by atoms with Gasteiger partial charge in [-0.2, -0.15) is 0 Å². The summed E-state index contributed by atoms with van der Waals surface area (Å²) in [6.07, 6.45) is 9.89. The molecular weight excluding hydrogens is 226 g/mol. The molecule has 2 atom stereocenters. The van der Waals surface area contributed by atoms with E-state index in [1.807, 2.05) is 0 Å². The second-order valence-corrected chi connectivity index (χ2v) is 6.21. The molecule has 0 aromatic rings. The monoisotopic (exact) mass is 253 g/mol. The predicted octanol–water partition coefficient (Wildman–Crippen LogP) is 2.46. The van der Waals surface area contributed by atoms with E-state index in [9.17, 15) is 0 Å². The summed E-state index contributed by atoms with van der Waals surface area (Å²) in [6.45, 7) is 3.33. The highest BCUT2D eigenvalue weighted by atomic mass is 16.4. The molecule has 2 fully saturated rings. The summed E-state index contributed by atoms with van der Waals surface area (Å²) in [7, 11) is 0. The number of hydrogen-bond acceptors (Lipinski definition) is 3. The van der Waals surface area contributed by atoms with E-state index in [1.165, 1.54) is 44.9 Å². The topological polar surface area (TPSA) is 70.6 Å². The first-order valence-electron chi connectivity index (χ1n) is 7.39. The van der Waals surface area contributed by atoms with E-state index in [1.54, 1.807) is 0 Å². The summed E-state index contributed by atoms with van der Waals surface area (Å²) >= 11 is 0. The Hall–Kier alpha value is -0.770. The number of nitrogens with zero attached hydrogens (tertiary/aromatic N) is 1. The summed E-state index contributed by atoms with van der Waals surface area (Å²) in [6, 6.07) is 0.688. The zero-order chi connectivity index (χ0) is 13.0. The third-order valence-corrected chi connectivity index (χ3v) is 4.81. The summed E-state index contributed by atoms with van der Waals surface area (Å²) in [4.78, 5) is 0. The van der Waals surface area contributed by atoms with Crippen LogP contribution in [0, 0.1) is 11.3 Å². The fourth-order valence-corrected chi connectivity index (χ4v) is 3.33. The molecule has 0 aromatic carbocycles. The number of oxime groups is 1. The van der Waals surface area contributed by atoms with Gasteiger partial charge in [-0.05, 0) is 37.0 Å². The molecule has 104 valence electrons. The molecule has 18 heavy (non-hydrogen) atoms. The van der Waals surface area contributed by atoms with E-state index in [2.05, 4.69) is 17.4 Å². The van der Waals surface area contributed by atoms with Crippen LogP contribution >= 0.6 is 0 Å². The molecule has 0 spiro atoms. The fourth-order valence-electron chi connectivity index (χ4n) is 3.33. The van der Waals surface area contributed by atoms with Crippen LogP contribution in [-0.4, -0.2) is 23.6 Å². The van der Waals surface area contributed by atoms with Crippen LogP contribution < -0.4 is 11.1 Å². The molecule has 0 heterocycles. The quantitative estimate of drug-likeness (QED) is 0.295. The standard InChI is InChI=1S/C14H27N3O/c1-2-11-5-3-4-6-12(11)16-10-14(7-8-14)9-13(15)17-18/h11-12,16,18H,2-10H2,1H3,(H2,15,17). The lowest BCUT2D eigenvalue weighted by Gasteiger charge is -2.33. The van der Waals surface area contributed by atoms with Gasteiger partial charge in [-0.3, -0.25) is 0 Å². The molecule has 2 unspecified atom stereocenters. The SMILES string of the molecule is CCC1CCCCC1NCC1(CC(N)=NO)CC1. The predicted molar refractivity (Wildman–Crippen MR) is 73.7 cm³/mol. The fraction of sp³-hybridized carbons (Fsp3) is 0.929. The van der Waals surface area contributed by atoms with E-state index in [-0.39, 0.29) is 5.41 Å². The van der Waals surface area contributed by atoms with Crippen LogP contribution in [0.4, 0.5) is 0 Å². The van der Waals surface area contributed by atoms with Crippen molar-refractivity contribution in [2.75, 3.05) is 6.54 Å². The van der Waals surface area contributed by atoms with Crippen molar-refractivity contribution in [2.45, 2.75) is 64.3 Å². The molecule has 0 aromatic heterocycles. The van der Waals surface area contributed by atoms with Crippen molar-refractivity contribution in [1.29, 1.82) is 0 Å². The third-order valence-electron chi connectivity index (χ3n) is 4.81. The molecule has 2 saturated carbocycles. The average Bonchev–Trinajstić information content (AvgIpc) is 3.16. The van der Waals surface area contributed by atoms with Crippen LogP contribution in [0.25, 0.3) is 0 Å². The number of nitrogens with one attached hydrogen (secondary N) is 1. The maximum absolute atomic E-state index is 8.67. The van der Waals surface area contributed by atoms with E-state index >= 15 is 0 Å². The van der Waals surface area contributed by atoms with Crippen molar-refractivity contribution < 1.29 is 5.21 Å². The molecular formula is C14H27N3O. The zero-order valence-electron chi connectivity index (χ0n) is 11.5. The molecule has 0 saturated heterocycles. The summed E-state index contributed by atoms with van der Waals surface area (Å²) in [5.41, 5.74) is 5.92. The molecule has 4 nitrogen and oxygen atoms in total. The Balaban J connectivity index is 1.80. The second kappa shape index (κ2) is 5.91. The number of amidine groups is 1. The molecule has 0 radical (unpaired) electrons. The zero-order valence-corrected chi connectivity index (χ0v) is 11.5. The van der Waals surface area contributed by atoms with Crippen molar-refractivity contribution in [2.24, 2.45) is 22.2 Å². The highest BCUT2D eigenvalue weighted by molar-refractivity contribution is 5.80. The van der Waals surface area contributed by atoms with Gasteiger partial charge in [0.05, 0.1) is 0 Å². The second-order valence-electron chi connectivity index (χ2n) is 6.21. The normalized spacial score (nSPS) is 31.3. The highest BCUT2D eigenvalue weighted by Gasteiger charge is 2.43. The highest BCUT2D eigenvalue weighted by Crippen LogP contribution is 2.48. The average molecular weight is 253 g/mol. The summed E-state index contributed by atoms with van der Waals surface area (Å²) in [5, 5.41) is 15.5. The minimum atomic E-state index is 0.284. The van der Waals surface area contributed by atoms with E-state index in [0.717, 1.165) is 18.9 Å². The van der Waals surface area contributed by atoms with Crippen molar-refractivity contribution in [3.63, 3.8) is 0 Å². The van der Waals surface area contributed by atoms with Crippen molar-refractivity contribution in [3.8, 4) is 0 Å². The Bertz CT molecular complexity index is 299. The maximum atomic E-state index is 8.67. The molecule has 0 amide bonds. The van der Waals surface area contributed by atoms with Gasteiger partial charge < -0.3 is 16.3 Å². The summed E-state index contributed by atoms with van der Waals surface area (Å²) < 4.78 is 0. The van der Waals surface area contributed by atoms with Crippen LogP contribution in [0.2, 0.25) is 0 Å². The Labute approximate surface area is 110 Å². The van der Waals surface area contributed by atoms with Crippen molar-refractivity contribution >= 4 is 5.84 Å². The number of rotatable bonds is 6. The first-order valence-corrected chi connectivity index (χ1v) is 7.39. The van der Waals surface area contributed by atoms with E-state index in [0.29, 0.717) is 11.9 Å². The van der Waals surface area contributed by atoms with Gasteiger partial charge in [-0.1, -0.05) is 31.3 Å². The van der Waals surface area contributed by atoms with Gasteiger partial charge in [0.2, 0.25) is 0 Å². The summed E-state index contributed by atoms with van der Waals surface area (Å²) in [5.74, 6) is 1.23. The van der Waals surface area contributed by atoms with Crippen molar-refractivity contribution in [1.82, 2.24) is 5.32 Å². The lowest BCUT2D eigenvalue weighted by molar-refractivity contribution is 0.242. The van der Waals surface area contributed by atoms with Crippen molar-refractivity contribution in [3.05, 3.63) is 0 Å². The molecule has 4 N–H and O–H groups in total. The van der Waals surface area contributed by atoms with Gasteiger partial charge >= 0.3 is 0 Å². The number of nitrogens with two attached hydrogens (primary N) is 1. The van der Waals surface area contributed by atoms with Gasteiger partial charge in [0, 0.05) is 19.0 Å². The van der Waals surface area contributed by atoms with Crippen LogP contribution in [0.15, 0.2) is 5.16 Å². The number of hydrogen-bond donors (Lipinski definition) is 3. The van der Waals surface area contributed by atoms with Crippen LogP contribution in [0.1, 0.15) is 58.3 Å². The Morgan fingerprint density at radius 1 is 1.39 bits per heavy atom. The smallest absolute Gasteiger partial charge is 0.139 e. The third kappa shape index (κ3) is 3.37. The molecule has 2 rings (SSSR count). The molecule has 0 bridgehead atoms. The van der Waals surface area contributed by atoms with E-state index in [4.69, 9.17) is 10.9 Å². The van der Waals surface area contributed by atoms with Crippen LogP contribution in [0.5, 0.6) is 0 Å². The molecule has 4 heteroatoms. The van der Waals surface area contributed by atoms with E-state index < -0.39 is 0 Å². The van der Waals surface area contributed by atoms with Gasteiger partial charge in [-0.25, -0.2) is 0 Å². The van der Waals surface area contributed by atoms with Crippen LogP contribution in [0.3, 0.4) is 0 Å².